The Morgan fingerprint density at radius 3 is 2.53 bits per heavy atom. The van der Waals surface area contributed by atoms with Crippen molar-refractivity contribution < 1.29 is 28.2 Å². The van der Waals surface area contributed by atoms with Gasteiger partial charge in [-0.2, -0.15) is 0 Å². The zero-order valence-corrected chi connectivity index (χ0v) is 19.2. The van der Waals surface area contributed by atoms with Crippen LogP contribution in [0.2, 0.25) is 0 Å². The van der Waals surface area contributed by atoms with E-state index in [2.05, 4.69) is 12.2 Å². The van der Waals surface area contributed by atoms with Crippen LogP contribution >= 0.6 is 0 Å². The minimum absolute atomic E-state index is 0.113. The van der Waals surface area contributed by atoms with E-state index in [9.17, 15) is 14.4 Å². The summed E-state index contributed by atoms with van der Waals surface area (Å²) < 4.78 is 21.0. The highest BCUT2D eigenvalue weighted by atomic mass is 16.5. The van der Waals surface area contributed by atoms with Crippen LogP contribution in [0, 0.1) is 0 Å². The molecule has 0 saturated carbocycles. The minimum atomic E-state index is -0.784. The van der Waals surface area contributed by atoms with Gasteiger partial charge in [-0.1, -0.05) is 25.5 Å². The number of rotatable bonds is 11. The number of fused-ring (bicyclic) bond motifs is 1. The van der Waals surface area contributed by atoms with E-state index in [0.717, 1.165) is 24.2 Å². The van der Waals surface area contributed by atoms with Gasteiger partial charge in [-0.25, -0.2) is 9.59 Å². The second-order valence-electron chi connectivity index (χ2n) is 7.42. The van der Waals surface area contributed by atoms with Crippen LogP contribution in [-0.4, -0.2) is 38.7 Å². The predicted molar refractivity (Wildman–Crippen MR) is 128 cm³/mol. The third-order valence-corrected chi connectivity index (χ3v) is 4.82. The van der Waals surface area contributed by atoms with E-state index in [4.69, 9.17) is 18.6 Å². The standard InChI is InChI=1S/C26H27NO7/c1-3-4-14-32-20-9-5-18(6-10-20)7-12-24(28)33-21-11-8-19-16-22(25(29)27-13-15-31-2)26(30)34-23(19)17-21/h5-12,16-17H,3-4,13-15H2,1-2H3,(H,27,29)/b12-7+. The summed E-state index contributed by atoms with van der Waals surface area (Å²) in [4.78, 5) is 36.6. The molecule has 0 aliphatic heterocycles. The number of esters is 1. The van der Waals surface area contributed by atoms with E-state index in [1.54, 1.807) is 18.2 Å². The van der Waals surface area contributed by atoms with E-state index < -0.39 is 17.5 Å². The van der Waals surface area contributed by atoms with E-state index in [1.807, 2.05) is 24.3 Å². The maximum atomic E-state index is 12.2. The summed E-state index contributed by atoms with van der Waals surface area (Å²) in [5.41, 5.74) is 0.123. The molecule has 3 rings (SSSR count). The summed E-state index contributed by atoms with van der Waals surface area (Å²) in [6, 6.07) is 13.4. The Balaban J connectivity index is 1.63. The number of amides is 1. The fraction of sp³-hybridized carbons (Fsp3) is 0.269. The molecule has 1 heterocycles. The Morgan fingerprint density at radius 2 is 1.79 bits per heavy atom. The summed E-state index contributed by atoms with van der Waals surface area (Å²) in [5, 5.41) is 3.10. The molecule has 1 aromatic heterocycles. The average molecular weight is 466 g/mol. The van der Waals surface area contributed by atoms with Crippen LogP contribution < -0.4 is 20.4 Å². The van der Waals surface area contributed by atoms with Crippen molar-refractivity contribution >= 4 is 28.9 Å². The normalized spacial score (nSPS) is 11.0. The number of nitrogens with one attached hydrogen (secondary N) is 1. The lowest BCUT2D eigenvalue weighted by Gasteiger charge is -2.06. The number of carbonyl (C=O) groups excluding carboxylic acids is 2. The van der Waals surface area contributed by atoms with Gasteiger partial charge < -0.3 is 23.9 Å². The zero-order valence-electron chi connectivity index (χ0n) is 19.2. The van der Waals surface area contributed by atoms with Gasteiger partial charge in [0, 0.05) is 31.2 Å². The van der Waals surface area contributed by atoms with Gasteiger partial charge in [0.2, 0.25) is 0 Å². The maximum absolute atomic E-state index is 12.2. The molecular formula is C26H27NO7. The van der Waals surface area contributed by atoms with Gasteiger partial charge in [0.25, 0.3) is 5.91 Å². The molecule has 0 radical (unpaired) electrons. The number of hydrogen-bond donors (Lipinski definition) is 1. The van der Waals surface area contributed by atoms with Gasteiger partial charge in [0.15, 0.2) is 0 Å². The SMILES string of the molecule is CCCCOc1ccc(/C=C/C(=O)Oc2ccc3cc(C(=O)NCCOC)c(=O)oc3c2)cc1. The fourth-order valence-electron chi connectivity index (χ4n) is 3.00. The second-order valence-corrected chi connectivity index (χ2v) is 7.42. The van der Waals surface area contributed by atoms with E-state index in [-0.39, 0.29) is 23.4 Å². The third-order valence-electron chi connectivity index (χ3n) is 4.82. The first-order valence-electron chi connectivity index (χ1n) is 11.0. The molecule has 8 nitrogen and oxygen atoms in total. The Hall–Kier alpha value is -3.91. The molecule has 1 amide bonds. The van der Waals surface area contributed by atoms with Crippen molar-refractivity contribution in [3.8, 4) is 11.5 Å². The lowest BCUT2D eigenvalue weighted by molar-refractivity contribution is -0.128. The van der Waals surface area contributed by atoms with Crippen LogP contribution in [0.1, 0.15) is 35.7 Å². The molecule has 8 heteroatoms. The highest BCUT2D eigenvalue weighted by Crippen LogP contribution is 2.21. The zero-order chi connectivity index (χ0) is 24.3. The Morgan fingerprint density at radius 1 is 1.03 bits per heavy atom. The predicted octanol–water partition coefficient (Wildman–Crippen LogP) is 3.97. The number of carbonyl (C=O) groups is 2. The van der Waals surface area contributed by atoms with E-state index >= 15 is 0 Å². The number of benzene rings is 2. The number of unbranched alkanes of at least 4 members (excludes halogenated alkanes) is 1. The molecule has 1 N–H and O–H groups in total. The van der Waals surface area contributed by atoms with Crippen molar-refractivity contribution in [1.29, 1.82) is 0 Å². The van der Waals surface area contributed by atoms with E-state index in [1.165, 1.54) is 25.3 Å². The van der Waals surface area contributed by atoms with Crippen LogP contribution in [0.25, 0.3) is 17.0 Å². The molecule has 2 aromatic carbocycles. The lowest BCUT2D eigenvalue weighted by Crippen LogP contribution is -2.30. The first kappa shape index (κ1) is 24.7. The molecule has 0 aliphatic carbocycles. The van der Waals surface area contributed by atoms with Crippen molar-refractivity contribution in [2.24, 2.45) is 0 Å². The summed E-state index contributed by atoms with van der Waals surface area (Å²) in [6.45, 7) is 3.37. The van der Waals surface area contributed by atoms with Crippen LogP contribution in [0.3, 0.4) is 0 Å². The summed E-state index contributed by atoms with van der Waals surface area (Å²) in [6.07, 6.45) is 5.01. The first-order chi connectivity index (χ1) is 16.5. The molecule has 0 saturated heterocycles. The molecule has 0 spiro atoms. The fourth-order valence-corrected chi connectivity index (χ4v) is 3.00. The second kappa shape index (κ2) is 12.4. The van der Waals surface area contributed by atoms with E-state index in [0.29, 0.717) is 18.6 Å². The van der Waals surface area contributed by atoms with Gasteiger partial charge in [-0.3, -0.25) is 4.79 Å². The monoisotopic (exact) mass is 465 g/mol. The van der Waals surface area contributed by atoms with Gasteiger partial charge in [0.1, 0.15) is 22.6 Å². The molecule has 3 aromatic rings. The third kappa shape index (κ3) is 7.05. The van der Waals surface area contributed by atoms with Crippen molar-refractivity contribution in [3.05, 3.63) is 76.2 Å². The largest absolute Gasteiger partial charge is 0.494 e. The molecule has 34 heavy (non-hydrogen) atoms. The minimum Gasteiger partial charge on any atom is -0.494 e. The Labute approximate surface area is 197 Å². The molecule has 0 bridgehead atoms. The Bertz CT molecular complexity index is 1210. The van der Waals surface area contributed by atoms with Gasteiger partial charge >= 0.3 is 11.6 Å². The molecule has 0 atom stereocenters. The number of methoxy groups -OCH3 is 1. The Kier molecular flexibility index (Phi) is 8.99. The highest BCUT2D eigenvalue weighted by molar-refractivity contribution is 5.97. The van der Waals surface area contributed by atoms with Gasteiger partial charge in [0.05, 0.1) is 13.2 Å². The first-order valence-corrected chi connectivity index (χ1v) is 11.0. The molecular weight excluding hydrogens is 438 g/mol. The molecule has 0 aliphatic rings. The van der Waals surface area contributed by atoms with Crippen molar-refractivity contribution in [2.45, 2.75) is 19.8 Å². The number of hydrogen-bond acceptors (Lipinski definition) is 7. The van der Waals surface area contributed by atoms with Crippen LogP contribution in [0.5, 0.6) is 11.5 Å². The van der Waals surface area contributed by atoms with Crippen LogP contribution in [0.15, 0.2) is 63.8 Å². The molecule has 0 unspecified atom stereocenters. The van der Waals surface area contributed by atoms with Gasteiger partial charge in [-0.05, 0) is 48.4 Å². The summed E-state index contributed by atoms with van der Waals surface area (Å²) >= 11 is 0. The van der Waals surface area contributed by atoms with Crippen molar-refractivity contribution in [1.82, 2.24) is 5.32 Å². The summed E-state index contributed by atoms with van der Waals surface area (Å²) in [7, 11) is 1.51. The highest BCUT2D eigenvalue weighted by Gasteiger charge is 2.14. The molecule has 178 valence electrons. The van der Waals surface area contributed by atoms with Crippen molar-refractivity contribution in [3.63, 3.8) is 0 Å². The van der Waals surface area contributed by atoms with Crippen LogP contribution in [-0.2, 0) is 9.53 Å². The lowest BCUT2D eigenvalue weighted by atomic mass is 10.1. The maximum Gasteiger partial charge on any atom is 0.349 e. The molecule has 0 fully saturated rings. The summed E-state index contributed by atoms with van der Waals surface area (Å²) in [5.74, 6) is -0.142. The number of ether oxygens (including phenoxy) is 3. The van der Waals surface area contributed by atoms with Crippen molar-refractivity contribution in [2.75, 3.05) is 26.9 Å². The van der Waals surface area contributed by atoms with Crippen LogP contribution in [0.4, 0.5) is 0 Å². The van der Waals surface area contributed by atoms with Gasteiger partial charge in [-0.15, -0.1) is 0 Å². The quantitative estimate of drug-likeness (QED) is 0.150. The topological polar surface area (TPSA) is 104 Å². The smallest absolute Gasteiger partial charge is 0.349 e. The average Bonchev–Trinajstić information content (AvgIpc) is 2.83.